The van der Waals surface area contributed by atoms with Crippen molar-refractivity contribution in [3.05, 3.63) is 48.5 Å². The Morgan fingerprint density at radius 3 is 2.59 bits per heavy atom. The number of aromatic nitrogens is 1. The average Bonchev–Trinajstić information content (AvgIpc) is 2.98. The molecule has 0 N–H and O–H groups in total. The maximum atomic E-state index is 12.2. The van der Waals surface area contributed by atoms with Gasteiger partial charge in [0, 0.05) is 10.9 Å². The van der Waals surface area contributed by atoms with Crippen LogP contribution in [-0.4, -0.2) is 25.8 Å². The quantitative estimate of drug-likeness (QED) is 0.705. The van der Waals surface area contributed by atoms with Crippen LogP contribution in [0.3, 0.4) is 0 Å². The number of hydrogen-bond donors (Lipinski definition) is 0. The topological polar surface area (TPSA) is 47.0 Å². The molecule has 0 unspecified atom stereocenters. The molecule has 22 heavy (non-hydrogen) atoms. The second kappa shape index (κ2) is 6.14. The summed E-state index contributed by atoms with van der Waals surface area (Å²) >= 11 is 1.14. The molecule has 0 aliphatic heterocycles. The van der Waals surface area contributed by atoms with E-state index in [0.29, 0.717) is 4.83 Å². The molecule has 0 spiro atoms. The predicted octanol–water partition coefficient (Wildman–Crippen LogP) is 4.10. The molecule has 0 aliphatic rings. The summed E-state index contributed by atoms with van der Waals surface area (Å²) < 4.78 is 36.7. The molecular weight excluding hydrogens is 321 g/mol. The summed E-state index contributed by atoms with van der Waals surface area (Å²) in [6, 6.07) is 15.1. The Hall–Kier alpha value is -1.79. The largest absolute Gasteiger partial charge is 0.251 e. The van der Waals surface area contributed by atoms with Gasteiger partial charge in [-0.25, -0.2) is 13.4 Å². The molecule has 114 valence electrons. The van der Waals surface area contributed by atoms with Gasteiger partial charge in [0.05, 0.1) is 18.1 Å². The summed E-state index contributed by atoms with van der Waals surface area (Å²) in [5.41, 5.74) is 1.79. The van der Waals surface area contributed by atoms with E-state index in [1.54, 1.807) is 6.07 Å². The molecule has 0 atom stereocenters. The zero-order valence-corrected chi connectivity index (χ0v) is 13.3. The Labute approximate surface area is 132 Å². The van der Waals surface area contributed by atoms with Crippen molar-refractivity contribution in [1.29, 1.82) is 0 Å². The van der Waals surface area contributed by atoms with Crippen LogP contribution in [0, 0.1) is 0 Å². The third-order valence-electron chi connectivity index (χ3n) is 3.28. The smallest absolute Gasteiger partial charge is 0.187 e. The normalized spacial score (nSPS) is 11.9. The van der Waals surface area contributed by atoms with E-state index in [0.717, 1.165) is 28.0 Å². The molecule has 0 saturated carbocycles. The lowest BCUT2D eigenvalue weighted by Crippen LogP contribution is -2.05. The summed E-state index contributed by atoms with van der Waals surface area (Å²) in [7, 11) is -3.42. The molecule has 3 nitrogen and oxygen atoms in total. The van der Waals surface area contributed by atoms with Crippen molar-refractivity contribution >= 4 is 31.4 Å². The molecule has 1 aromatic carbocycles. The summed E-state index contributed by atoms with van der Waals surface area (Å²) in [5.74, 6) is -0.165. The zero-order chi connectivity index (χ0) is 15.6. The minimum absolute atomic E-state index is 0.0271. The number of thiophene rings is 1. The molecule has 0 radical (unpaired) electrons. The summed E-state index contributed by atoms with van der Waals surface area (Å²) in [6.45, 7) is -0.624. The van der Waals surface area contributed by atoms with Gasteiger partial charge in [-0.05, 0) is 24.6 Å². The Balaban J connectivity index is 2.01. The molecule has 3 aromatic rings. The highest BCUT2D eigenvalue weighted by atomic mass is 32.2. The summed E-state index contributed by atoms with van der Waals surface area (Å²) in [5, 5.41) is 0.795. The third-order valence-corrected chi connectivity index (χ3v) is 6.69. The molecule has 3 rings (SSSR count). The van der Waals surface area contributed by atoms with Crippen LogP contribution in [0.15, 0.2) is 52.7 Å². The van der Waals surface area contributed by atoms with E-state index < -0.39 is 16.5 Å². The van der Waals surface area contributed by atoms with E-state index in [9.17, 15) is 12.8 Å². The Kier molecular flexibility index (Phi) is 4.22. The van der Waals surface area contributed by atoms with Gasteiger partial charge in [0.2, 0.25) is 0 Å². The van der Waals surface area contributed by atoms with Crippen molar-refractivity contribution in [3.63, 3.8) is 0 Å². The number of pyridine rings is 1. The number of sulfone groups is 1. The van der Waals surface area contributed by atoms with Crippen molar-refractivity contribution in [1.82, 2.24) is 4.98 Å². The number of nitrogens with zero attached hydrogens (tertiary/aromatic N) is 1. The van der Waals surface area contributed by atoms with Crippen LogP contribution in [-0.2, 0) is 9.84 Å². The molecule has 2 aromatic heterocycles. The SMILES string of the molecule is O=S(=O)(CCCF)c1cc2ccc(-c3ccccc3)nc2s1. The number of hydrogen-bond acceptors (Lipinski definition) is 4. The van der Waals surface area contributed by atoms with Crippen LogP contribution in [0.5, 0.6) is 0 Å². The molecular formula is C16H14FNO2S2. The second-order valence-electron chi connectivity index (χ2n) is 4.88. The van der Waals surface area contributed by atoms with Crippen LogP contribution in [0.4, 0.5) is 4.39 Å². The third kappa shape index (κ3) is 3.03. The minimum Gasteiger partial charge on any atom is -0.251 e. The molecule has 0 saturated heterocycles. The van der Waals surface area contributed by atoms with Gasteiger partial charge in [-0.1, -0.05) is 30.3 Å². The first-order chi connectivity index (χ1) is 10.6. The van der Waals surface area contributed by atoms with E-state index >= 15 is 0 Å². The highest BCUT2D eigenvalue weighted by Gasteiger charge is 2.18. The Morgan fingerprint density at radius 2 is 1.86 bits per heavy atom. The predicted molar refractivity (Wildman–Crippen MR) is 87.7 cm³/mol. The first-order valence-electron chi connectivity index (χ1n) is 6.85. The van der Waals surface area contributed by atoms with E-state index in [1.165, 1.54) is 0 Å². The van der Waals surface area contributed by atoms with Crippen molar-refractivity contribution in [2.75, 3.05) is 12.4 Å². The van der Waals surface area contributed by atoms with E-state index in [4.69, 9.17) is 0 Å². The molecule has 6 heteroatoms. The Morgan fingerprint density at radius 1 is 1.09 bits per heavy atom. The maximum Gasteiger partial charge on any atom is 0.187 e. The molecule has 0 fully saturated rings. The molecule has 0 aliphatic carbocycles. The highest BCUT2D eigenvalue weighted by molar-refractivity contribution is 7.93. The summed E-state index contributed by atoms with van der Waals surface area (Å²) in [4.78, 5) is 5.22. The fourth-order valence-electron chi connectivity index (χ4n) is 2.16. The van der Waals surface area contributed by atoms with Gasteiger partial charge >= 0.3 is 0 Å². The van der Waals surface area contributed by atoms with Crippen molar-refractivity contribution in [3.8, 4) is 11.3 Å². The molecule has 0 bridgehead atoms. The fourth-order valence-corrected chi connectivity index (χ4v) is 4.92. The van der Waals surface area contributed by atoms with Gasteiger partial charge in [-0.2, -0.15) is 0 Å². The number of benzene rings is 1. The van der Waals surface area contributed by atoms with Crippen molar-refractivity contribution in [2.24, 2.45) is 0 Å². The van der Waals surface area contributed by atoms with E-state index in [1.807, 2.05) is 42.5 Å². The zero-order valence-electron chi connectivity index (χ0n) is 11.7. The van der Waals surface area contributed by atoms with Crippen LogP contribution in [0.25, 0.3) is 21.5 Å². The number of rotatable bonds is 5. The van der Waals surface area contributed by atoms with Gasteiger partial charge in [0.15, 0.2) is 9.84 Å². The highest BCUT2D eigenvalue weighted by Crippen LogP contribution is 2.30. The average molecular weight is 335 g/mol. The lowest BCUT2D eigenvalue weighted by atomic mass is 10.1. The molecule has 0 amide bonds. The van der Waals surface area contributed by atoms with Crippen LogP contribution in [0.2, 0.25) is 0 Å². The lowest BCUT2D eigenvalue weighted by molar-refractivity contribution is 0.484. The maximum absolute atomic E-state index is 12.2. The minimum atomic E-state index is -3.42. The van der Waals surface area contributed by atoms with Crippen LogP contribution < -0.4 is 0 Å². The van der Waals surface area contributed by atoms with E-state index in [2.05, 4.69) is 4.98 Å². The molecule has 2 heterocycles. The van der Waals surface area contributed by atoms with Crippen molar-refractivity contribution in [2.45, 2.75) is 10.6 Å². The monoisotopic (exact) mass is 335 g/mol. The first kappa shape index (κ1) is 15.1. The van der Waals surface area contributed by atoms with Gasteiger partial charge in [-0.15, -0.1) is 11.3 Å². The summed E-state index contributed by atoms with van der Waals surface area (Å²) in [6.07, 6.45) is 0.0271. The Bertz CT molecular complexity index is 889. The number of alkyl halides is 1. The number of fused-ring (bicyclic) bond motifs is 1. The second-order valence-corrected chi connectivity index (χ2v) is 8.25. The van der Waals surface area contributed by atoms with Crippen LogP contribution >= 0.6 is 11.3 Å². The number of halogens is 1. The van der Waals surface area contributed by atoms with Gasteiger partial charge in [0.1, 0.15) is 9.04 Å². The fraction of sp³-hybridized carbons (Fsp3) is 0.188. The van der Waals surface area contributed by atoms with Gasteiger partial charge < -0.3 is 0 Å². The first-order valence-corrected chi connectivity index (χ1v) is 9.32. The van der Waals surface area contributed by atoms with Crippen LogP contribution in [0.1, 0.15) is 6.42 Å². The van der Waals surface area contributed by atoms with Gasteiger partial charge in [0.25, 0.3) is 0 Å². The lowest BCUT2D eigenvalue weighted by Gasteiger charge is -1.99. The van der Waals surface area contributed by atoms with Crippen molar-refractivity contribution < 1.29 is 12.8 Å². The van der Waals surface area contributed by atoms with Gasteiger partial charge in [-0.3, -0.25) is 4.39 Å². The standard InChI is InChI=1S/C16H14FNO2S2/c17-9-4-10-22(19,20)15-11-13-7-8-14(18-16(13)21-15)12-5-2-1-3-6-12/h1-3,5-8,11H,4,9-10H2. The van der Waals surface area contributed by atoms with E-state index in [-0.39, 0.29) is 16.4 Å².